The Bertz CT molecular complexity index is 461. The predicted molar refractivity (Wildman–Crippen MR) is 79.3 cm³/mol. The molecule has 2 unspecified atom stereocenters. The maximum Gasteiger partial charge on any atom is 0.122 e. The highest BCUT2D eigenvalue weighted by Gasteiger charge is 2.17. The van der Waals surface area contributed by atoms with Crippen LogP contribution in [0.15, 0.2) is 18.2 Å². The summed E-state index contributed by atoms with van der Waals surface area (Å²) in [5.41, 5.74) is 2.69. The molecule has 0 bridgehead atoms. The van der Waals surface area contributed by atoms with Gasteiger partial charge in [-0.3, -0.25) is 0 Å². The molecule has 2 rings (SSSR count). The zero-order valence-corrected chi connectivity index (χ0v) is 11.9. The first-order valence-electron chi connectivity index (χ1n) is 7.23. The molecule has 0 aromatic heterocycles. The second-order valence-electron chi connectivity index (χ2n) is 5.11. The van der Waals surface area contributed by atoms with Crippen molar-refractivity contribution in [3.05, 3.63) is 29.3 Å². The number of terminal acetylenes is 1. The van der Waals surface area contributed by atoms with Gasteiger partial charge in [-0.25, -0.2) is 0 Å². The van der Waals surface area contributed by atoms with Gasteiger partial charge in [0.05, 0.1) is 6.61 Å². The molecule has 0 saturated carbocycles. The summed E-state index contributed by atoms with van der Waals surface area (Å²) in [6.45, 7) is 5.21. The van der Waals surface area contributed by atoms with Crippen LogP contribution in [0.1, 0.15) is 50.3 Å². The summed E-state index contributed by atoms with van der Waals surface area (Å²) in [6, 6.07) is 7.34. The van der Waals surface area contributed by atoms with E-state index in [2.05, 4.69) is 43.3 Å². The lowest BCUT2D eigenvalue weighted by molar-refractivity contribution is 0.356. The van der Waals surface area contributed by atoms with Crippen LogP contribution in [0.5, 0.6) is 5.75 Å². The van der Waals surface area contributed by atoms with Crippen LogP contribution in [0, 0.1) is 12.3 Å². The van der Waals surface area contributed by atoms with Crippen molar-refractivity contribution in [3.8, 4) is 18.1 Å². The highest BCUT2D eigenvalue weighted by Crippen LogP contribution is 2.29. The normalized spacial score (nSPS) is 16.3. The Morgan fingerprint density at radius 1 is 1.37 bits per heavy atom. The number of fused-ring (bicyclic) bond motifs is 1. The molecule has 0 aliphatic carbocycles. The topological polar surface area (TPSA) is 21.3 Å². The summed E-state index contributed by atoms with van der Waals surface area (Å²) in [4.78, 5) is 0. The van der Waals surface area contributed by atoms with Crippen molar-refractivity contribution in [1.29, 1.82) is 0 Å². The van der Waals surface area contributed by atoms with E-state index >= 15 is 0 Å². The maximum absolute atomic E-state index is 5.56. The van der Waals surface area contributed by atoms with Crippen molar-refractivity contribution < 1.29 is 4.74 Å². The molecule has 0 saturated heterocycles. The van der Waals surface area contributed by atoms with Gasteiger partial charge < -0.3 is 10.1 Å². The fourth-order valence-electron chi connectivity index (χ4n) is 2.62. The Hall–Kier alpha value is -1.46. The highest BCUT2D eigenvalue weighted by atomic mass is 16.5. The second-order valence-corrected chi connectivity index (χ2v) is 5.11. The van der Waals surface area contributed by atoms with Gasteiger partial charge in [0.2, 0.25) is 0 Å². The summed E-state index contributed by atoms with van der Waals surface area (Å²) >= 11 is 0. The lowest BCUT2D eigenvalue weighted by Gasteiger charge is -2.23. The average Bonchev–Trinajstić information content (AvgIpc) is 2.90. The number of benzene rings is 1. The van der Waals surface area contributed by atoms with Crippen molar-refractivity contribution in [2.24, 2.45) is 0 Å². The first kappa shape index (κ1) is 14.0. The Balaban J connectivity index is 2.11. The lowest BCUT2D eigenvalue weighted by atomic mass is 9.99. The minimum atomic E-state index is 0.379. The lowest BCUT2D eigenvalue weighted by Crippen LogP contribution is -2.31. The fourth-order valence-corrected chi connectivity index (χ4v) is 2.62. The van der Waals surface area contributed by atoms with Gasteiger partial charge in [0, 0.05) is 24.9 Å². The third-order valence-corrected chi connectivity index (χ3v) is 3.82. The number of hydrogen-bond acceptors (Lipinski definition) is 2. The molecule has 102 valence electrons. The Morgan fingerprint density at radius 3 is 2.89 bits per heavy atom. The smallest absolute Gasteiger partial charge is 0.122 e. The number of rotatable bonds is 6. The molecule has 2 heteroatoms. The van der Waals surface area contributed by atoms with Gasteiger partial charge in [-0.15, -0.1) is 12.3 Å². The van der Waals surface area contributed by atoms with E-state index in [1.807, 2.05) is 0 Å². The van der Waals surface area contributed by atoms with E-state index in [9.17, 15) is 0 Å². The number of hydrogen-bond donors (Lipinski definition) is 1. The van der Waals surface area contributed by atoms with Crippen LogP contribution >= 0.6 is 0 Å². The standard InChI is InChI=1S/C17H23NO/c1-4-7-15(5-2)18-16(6-3)13-8-9-17-14(12-13)10-11-19-17/h1,8-9,12,15-16,18H,5-7,10-11H2,2-3H3. The first-order chi connectivity index (χ1) is 9.28. The van der Waals surface area contributed by atoms with Gasteiger partial charge in [-0.05, 0) is 30.0 Å². The molecule has 1 aromatic rings. The van der Waals surface area contributed by atoms with Gasteiger partial charge in [0.1, 0.15) is 5.75 Å². The van der Waals surface area contributed by atoms with Gasteiger partial charge in [-0.1, -0.05) is 26.0 Å². The number of nitrogens with one attached hydrogen (secondary N) is 1. The van der Waals surface area contributed by atoms with Crippen molar-refractivity contribution in [1.82, 2.24) is 5.32 Å². The zero-order valence-electron chi connectivity index (χ0n) is 11.9. The van der Waals surface area contributed by atoms with E-state index in [4.69, 9.17) is 11.2 Å². The SMILES string of the molecule is C#CCC(CC)NC(CC)c1ccc2c(c1)CCO2. The molecule has 2 atom stereocenters. The van der Waals surface area contributed by atoms with Crippen molar-refractivity contribution in [2.75, 3.05) is 6.61 Å². The molecular weight excluding hydrogens is 234 g/mol. The number of ether oxygens (including phenoxy) is 1. The van der Waals surface area contributed by atoms with Gasteiger partial charge in [0.15, 0.2) is 0 Å². The van der Waals surface area contributed by atoms with E-state index in [0.29, 0.717) is 12.1 Å². The highest BCUT2D eigenvalue weighted by molar-refractivity contribution is 5.40. The molecule has 1 aromatic carbocycles. The molecule has 2 nitrogen and oxygen atoms in total. The van der Waals surface area contributed by atoms with Gasteiger partial charge in [-0.2, -0.15) is 0 Å². The third-order valence-electron chi connectivity index (χ3n) is 3.82. The summed E-state index contributed by atoms with van der Waals surface area (Å²) in [7, 11) is 0. The summed E-state index contributed by atoms with van der Waals surface area (Å²) in [5, 5.41) is 3.68. The van der Waals surface area contributed by atoms with Crippen LogP contribution in [0.4, 0.5) is 0 Å². The second kappa shape index (κ2) is 6.63. The van der Waals surface area contributed by atoms with Crippen molar-refractivity contribution >= 4 is 0 Å². The summed E-state index contributed by atoms with van der Waals surface area (Å²) in [6.07, 6.45) is 9.38. The molecule has 19 heavy (non-hydrogen) atoms. The molecule has 0 amide bonds. The quantitative estimate of drug-likeness (QED) is 0.788. The van der Waals surface area contributed by atoms with E-state index in [1.54, 1.807) is 0 Å². The molecule has 1 N–H and O–H groups in total. The summed E-state index contributed by atoms with van der Waals surface area (Å²) in [5.74, 6) is 3.81. The maximum atomic E-state index is 5.56. The molecule has 1 heterocycles. The summed E-state index contributed by atoms with van der Waals surface area (Å²) < 4.78 is 5.56. The Kier molecular flexibility index (Phi) is 4.87. The Labute approximate surface area is 116 Å². The molecule has 1 aliphatic rings. The average molecular weight is 257 g/mol. The molecule has 0 radical (unpaired) electrons. The zero-order chi connectivity index (χ0) is 13.7. The Morgan fingerprint density at radius 2 is 2.21 bits per heavy atom. The van der Waals surface area contributed by atoms with E-state index in [1.165, 1.54) is 11.1 Å². The van der Waals surface area contributed by atoms with E-state index in [-0.39, 0.29) is 0 Å². The third kappa shape index (κ3) is 3.30. The van der Waals surface area contributed by atoms with Crippen molar-refractivity contribution in [3.63, 3.8) is 0 Å². The van der Waals surface area contributed by atoms with Crippen LogP contribution in [0.3, 0.4) is 0 Å². The monoisotopic (exact) mass is 257 g/mol. The minimum absolute atomic E-state index is 0.379. The van der Waals surface area contributed by atoms with Gasteiger partial charge >= 0.3 is 0 Å². The van der Waals surface area contributed by atoms with Crippen LogP contribution in [0.2, 0.25) is 0 Å². The minimum Gasteiger partial charge on any atom is -0.493 e. The van der Waals surface area contributed by atoms with Crippen LogP contribution in [-0.2, 0) is 6.42 Å². The van der Waals surface area contributed by atoms with Crippen molar-refractivity contribution in [2.45, 2.75) is 51.6 Å². The molecular formula is C17H23NO. The largest absolute Gasteiger partial charge is 0.493 e. The molecule has 0 spiro atoms. The van der Waals surface area contributed by atoms with Gasteiger partial charge in [0.25, 0.3) is 0 Å². The van der Waals surface area contributed by atoms with Crippen LogP contribution in [-0.4, -0.2) is 12.6 Å². The van der Waals surface area contributed by atoms with E-state index < -0.39 is 0 Å². The first-order valence-corrected chi connectivity index (χ1v) is 7.23. The molecule has 1 aliphatic heterocycles. The van der Waals surface area contributed by atoms with Crippen LogP contribution in [0.25, 0.3) is 0 Å². The van der Waals surface area contributed by atoms with E-state index in [0.717, 1.165) is 38.0 Å². The fraction of sp³-hybridized carbons (Fsp3) is 0.529. The van der Waals surface area contributed by atoms with Crippen LogP contribution < -0.4 is 10.1 Å². The molecule has 0 fully saturated rings. The predicted octanol–water partition coefficient (Wildman–Crippen LogP) is 3.46.